The van der Waals surface area contributed by atoms with Gasteiger partial charge in [-0.1, -0.05) is 23.7 Å². The Balaban J connectivity index is 2.40. The standard InChI is InChI=1S/C14H10ClFN2O3/c1-8-5-6-9(16)7-12(8)17-14(19)10-3-2-4-11(15)13(10)18(20)21/h2-7H,1H3,(H,17,19). The molecule has 1 N–H and O–H groups in total. The first-order chi connectivity index (χ1) is 9.90. The van der Waals surface area contributed by atoms with Crippen molar-refractivity contribution in [2.45, 2.75) is 6.92 Å². The Morgan fingerprint density at radius 2 is 2.05 bits per heavy atom. The van der Waals surface area contributed by atoms with E-state index in [9.17, 15) is 19.3 Å². The average molecular weight is 309 g/mol. The molecule has 2 rings (SSSR count). The molecule has 0 aliphatic carbocycles. The topological polar surface area (TPSA) is 72.2 Å². The maximum atomic E-state index is 13.2. The van der Waals surface area contributed by atoms with Crippen molar-refractivity contribution in [1.82, 2.24) is 0 Å². The molecule has 0 spiro atoms. The van der Waals surface area contributed by atoms with Crippen LogP contribution in [0.1, 0.15) is 15.9 Å². The van der Waals surface area contributed by atoms with Gasteiger partial charge in [0.25, 0.3) is 5.91 Å². The summed E-state index contributed by atoms with van der Waals surface area (Å²) in [5.74, 6) is -1.24. The quantitative estimate of drug-likeness (QED) is 0.689. The van der Waals surface area contributed by atoms with Crippen molar-refractivity contribution >= 4 is 28.9 Å². The lowest BCUT2D eigenvalue weighted by molar-refractivity contribution is -0.385. The summed E-state index contributed by atoms with van der Waals surface area (Å²) in [6, 6.07) is 7.94. The van der Waals surface area contributed by atoms with Crippen LogP contribution in [0.5, 0.6) is 0 Å². The van der Waals surface area contributed by atoms with Gasteiger partial charge in [0.1, 0.15) is 16.4 Å². The van der Waals surface area contributed by atoms with E-state index in [4.69, 9.17) is 11.6 Å². The third kappa shape index (κ3) is 3.17. The van der Waals surface area contributed by atoms with Crippen molar-refractivity contribution in [1.29, 1.82) is 0 Å². The van der Waals surface area contributed by atoms with E-state index < -0.39 is 22.3 Å². The number of nitro benzene ring substituents is 1. The molecule has 0 radical (unpaired) electrons. The molecular formula is C14H10ClFN2O3. The number of carbonyl (C=O) groups excluding carboxylic acids is 1. The van der Waals surface area contributed by atoms with Crippen LogP contribution >= 0.6 is 11.6 Å². The Kier molecular flexibility index (Phi) is 4.18. The molecule has 21 heavy (non-hydrogen) atoms. The SMILES string of the molecule is Cc1ccc(F)cc1NC(=O)c1cccc(Cl)c1[N+](=O)[O-]. The van der Waals surface area contributed by atoms with E-state index in [1.807, 2.05) is 0 Å². The Bertz CT molecular complexity index is 734. The molecule has 0 bridgehead atoms. The highest BCUT2D eigenvalue weighted by Gasteiger charge is 2.23. The van der Waals surface area contributed by atoms with E-state index >= 15 is 0 Å². The number of nitrogens with zero attached hydrogens (tertiary/aromatic N) is 1. The predicted molar refractivity (Wildman–Crippen MR) is 77.2 cm³/mol. The van der Waals surface area contributed by atoms with Crippen LogP contribution in [0.4, 0.5) is 15.8 Å². The second-order valence-corrected chi connectivity index (χ2v) is 4.71. The largest absolute Gasteiger partial charge is 0.321 e. The number of nitrogens with one attached hydrogen (secondary N) is 1. The fourth-order valence-corrected chi connectivity index (χ4v) is 2.05. The Morgan fingerprint density at radius 3 is 2.71 bits per heavy atom. The van der Waals surface area contributed by atoms with Gasteiger partial charge in [-0.3, -0.25) is 14.9 Å². The zero-order valence-corrected chi connectivity index (χ0v) is 11.6. The van der Waals surface area contributed by atoms with Gasteiger partial charge in [0.05, 0.1) is 4.92 Å². The third-order valence-electron chi connectivity index (χ3n) is 2.86. The van der Waals surface area contributed by atoms with Crippen molar-refractivity contribution in [2.75, 3.05) is 5.32 Å². The Morgan fingerprint density at radius 1 is 1.33 bits per heavy atom. The van der Waals surface area contributed by atoms with Crippen LogP contribution in [0.3, 0.4) is 0 Å². The van der Waals surface area contributed by atoms with Gasteiger partial charge in [0.2, 0.25) is 0 Å². The van der Waals surface area contributed by atoms with Gasteiger partial charge in [0.15, 0.2) is 0 Å². The van der Waals surface area contributed by atoms with Gasteiger partial charge in [-0.2, -0.15) is 0 Å². The van der Waals surface area contributed by atoms with E-state index in [0.29, 0.717) is 5.56 Å². The summed E-state index contributed by atoms with van der Waals surface area (Å²) >= 11 is 5.75. The smallest absolute Gasteiger partial charge is 0.300 e. The summed E-state index contributed by atoms with van der Waals surface area (Å²) in [5, 5.41) is 13.3. The maximum absolute atomic E-state index is 13.2. The normalized spacial score (nSPS) is 10.2. The summed E-state index contributed by atoms with van der Waals surface area (Å²) in [6.07, 6.45) is 0. The van der Waals surface area contributed by atoms with Crippen LogP contribution in [0.2, 0.25) is 5.02 Å². The van der Waals surface area contributed by atoms with Crippen molar-refractivity contribution in [3.8, 4) is 0 Å². The lowest BCUT2D eigenvalue weighted by atomic mass is 10.1. The van der Waals surface area contributed by atoms with Crippen LogP contribution in [0.15, 0.2) is 36.4 Å². The number of hydrogen-bond donors (Lipinski definition) is 1. The predicted octanol–water partition coefficient (Wildman–Crippen LogP) is 3.95. The Labute approximate surface area is 124 Å². The monoisotopic (exact) mass is 308 g/mol. The summed E-state index contributed by atoms with van der Waals surface area (Å²) in [6.45, 7) is 1.68. The second kappa shape index (κ2) is 5.88. The third-order valence-corrected chi connectivity index (χ3v) is 3.17. The maximum Gasteiger partial charge on any atom is 0.300 e. The molecule has 0 heterocycles. The molecule has 1 amide bonds. The van der Waals surface area contributed by atoms with Gasteiger partial charge >= 0.3 is 5.69 Å². The molecule has 2 aromatic carbocycles. The molecule has 7 heteroatoms. The van der Waals surface area contributed by atoms with Gasteiger partial charge in [-0.25, -0.2) is 4.39 Å². The first kappa shape index (κ1) is 14.9. The van der Waals surface area contributed by atoms with Crippen LogP contribution in [0, 0.1) is 22.9 Å². The fraction of sp³-hybridized carbons (Fsp3) is 0.0714. The lowest BCUT2D eigenvalue weighted by Crippen LogP contribution is -2.15. The molecule has 5 nitrogen and oxygen atoms in total. The van der Waals surface area contributed by atoms with E-state index in [1.165, 1.54) is 30.3 Å². The van der Waals surface area contributed by atoms with Crippen LogP contribution in [0.25, 0.3) is 0 Å². The average Bonchev–Trinajstić information content (AvgIpc) is 2.42. The van der Waals surface area contributed by atoms with Gasteiger partial charge in [0, 0.05) is 5.69 Å². The number of carbonyl (C=O) groups is 1. The Hall–Kier alpha value is -2.47. The highest BCUT2D eigenvalue weighted by Crippen LogP contribution is 2.29. The molecule has 0 aliphatic rings. The number of aryl methyl sites for hydroxylation is 1. The minimum Gasteiger partial charge on any atom is -0.321 e. The second-order valence-electron chi connectivity index (χ2n) is 4.31. The van der Waals surface area contributed by atoms with Gasteiger partial charge in [-0.05, 0) is 36.8 Å². The summed E-state index contributed by atoms with van der Waals surface area (Å²) in [7, 11) is 0. The molecular weight excluding hydrogens is 299 g/mol. The highest BCUT2D eigenvalue weighted by molar-refractivity contribution is 6.33. The molecule has 0 saturated heterocycles. The number of amides is 1. The number of para-hydroxylation sites is 1. The van der Waals surface area contributed by atoms with Crippen molar-refractivity contribution in [3.63, 3.8) is 0 Å². The fourth-order valence-electron chi connectivity index (χ4n) is 1.80. The van der Waals surface area contributed by atoms with Gasteiger partial charge < -0.3 is 5.32 Å². The molecule has 0 atom stereocenters. The number of benzene rings is 2. The summed E-state index contributed by atoms with van der Waals surface area (Å²) in [5.41, 5.74) is 0.214. The minimum atomic E-state index is -0.727. The van der Waals surface area contributed by atoms with Crippen LogP contribution in [-0.2, 0) is 0 Å². The van der Waals surface area contributed by atoms with E-state index in [1.54, 1.807) is 6.92 Å². The number of hydrogen-bond acceptors (Lipinski definition) is 3. The highest BCUT2D eigenvalue weighted by atomic mass is 35.5. The van der Waals surface area contributed by atoms with Crippen molar-refractivity contribution in [3.05, 3.63) is 68.5 Å². The molecule has 0 saturated carbocycles. The minimum absolute atomic E-state index is 0.136. The van der Waals surface area contributed by atoms with E-state index in [2.05, 4.69) is 5.32 Å². The van der Waals surface area contributed by atoms with Crippen molar-refractivity contribution in [2.24, 2.45) is 0 Å². The summed E-state index contributed by atoms with van der Waals surface area (Å²) < 4.78 is 13.2. The first-order valence-electron chi connectivity index (χ1n) is 5.90. The zero-order chi connectivity index (χ0) is 15.6. The van der Waals surface area contributed by atoms with E-state index in [-0.39, 0.29) is 16.3 Å². The zero-order valence-electron chi connectivity index (χ0n) is 10.9. The van der Waals surface area contributed by atoms with Crippen LogP contribution in [-0.4, -0.2) is 10.8 Å². The number of rotatable bonds is 3. The summed E-state index contributed by atoms with van der Waals surface area (Å²) in [4.78, 5) is 22.4. The van der Waals surface area contributed by atoms with Gasteiger partial charge in [-0.15, -0.1) is 0 Å². The molecule has 0 aliphatic heterocycles. The molecule has 0 aromatic heterocycles. The molecule has 2 aromatic rings. The van der Waals surface area contributed by atoms with Crippen LogP contribution < -0.4 is 5.32 Å². The molecule has 0 unspecified atom stereocenters. The lowest BCUT2D eigenvalue weighted by Gasteiger charge is -2.09. The molecule has 0 fully saturated rings. The molecule has 108 valence electrons. The number of anilines is 1. The van der Waals surface area contributed by atoms with Crippen molar-refractivity contribution < 1.29 is 14.1 Å². The number of nitro groups is 1. The number of halogens is 2. The van der Waals surface area contributed by atoms with E-state index in [0.717, 1.165) is 6.07 Å². The first-order valence-corrected chi connectivity index (χ1v) is 6.28.